The summed E-state index contributed by atoms with van der Waals surface area (Å²) >= 11 is 0. The molecule has 6 nitrogen and oxygen atoms in total. The second kappa shape index (κ2) is 6.01. The molecule has 3 rings (SSSR count). The summed E-state index contributed by atoms with van der Waals surface area (Å²) in [4.78, 5) is 14.6. The average molecular weight is 307 g/mol. The molecule has 0 bridgehead atoms. The van der Waals surface area contributed by atoms with E-state index < -0.39 is 5.54 Å². The van der Waals surface area contributed by atoms with Crippen molar-refractivity contribution < 1.29 is 14.1 Å². The van der Waals surface area contributed by atoms with E-state index >= 15 is 0 Å². The zero-order valence-corrected chi connectivity index (χ0v) is 13.4. The molecule has 2 aliphatic rings. The number of rotatable bonds is 4. The molecule has 1 aliphatic carbocycles. The molecule has 1 aromatic rings. The minimum Gasteiger partial charge on any atom is -0.379 e. The van der Waals surface area contributed by atoms with E-state index in [0.717, 1.165) is 43.6 Å². The van der Waals surface area contributed by atoms with Gasteiger partial charge in [-0.3, -0.25) is 4.79 Å². The maximum Gasteiger partial charge on any atom is 0.242 e. The van der Waals surface area contributed by atoms with Gasteiger partial charge in [0.2, 0.25) is 5.91 Å². The molecular formula is C16H25N3O3. The van der Waals surface area contributed by atoms with E-state index in [1.165, 1.54) is 0 Å². The van der Waals surface area contributed by atoms with E-state index in [9.17, 15) is 4.79 Å². The van der Waals surface area contributed by atoms with Crippen LogP contribution in [-0.2, 0) is 16.0 Å². The van der Waals surface area contributed by atoms with Crippen LogP contribution < -0.4 is 5.73 Å². The van der Waals surface area contributed by atoms with Gasteiger partial charge in [-0.1, -0.05) is 18.0 Å². The fourth-order valence-electron chi connectivity index (χ4n) is 3.78. The maximum absolute atomic E-state index is 12.7. The highest BCUT2D eigenvalue weighted by Crippen LogP contribution is 2.32. The van der Waals surface area contributed by atoms with E-state index in [2.05, 4.69) is 5.16 Å². The van der Waals surface area contributed by atoms with Crippen molar-refractivity contribution in [1.29, 1.82) is 0 Å². The lowest BCUT2D eigenvalue weighted by Crippen LogP contribution is -2.53. The van der Waals surface area contributed by atoms with E-state index in [0.29, 0.717) is 13.1 Å². The van der Waals surface area contributed by atoms with Crippen molar-refractivity contribution in [3.05, 3.63) is 17.5 Å². The maximum atomic E-state index is 12.7. The minimum atomic E-state index is -0.657. The van der Waals surface area contributed by atoms with Gasteiger partial charge < -0.3 is 19.9 Å². The molecule has 2 N–H and O–H groups in total. The summed E-state index contributed by atoms with van der Waals surface area (Å²) in [5.74, 6) is 1.16. The number of carbonyl (C=O) groups excluding carboxylic acids is 1. The van der Waals surface area contributed by atoms with Crippen LogP contribution in [0.15, 0.2) is 10.6 Å². The molecule has 1 saturated heterocycles. The standard InChI is InChI=1S/C16H25N3O3/c1-11-7-13(22-18-11)8-12-9-19(10-14(12)21-2)15(20)16(17)5-3-4-6-16/h7,12,14H,3-6,8-10,17H2,1-2H3/t12-,14+/m1/s1. The number of ether oxygens (including phenoxy) is 1. The van der Waals surface area contributed by atoms with Gasteiger partial charge >= 0.3 is 0 Å². The Labute approximate surface area is 131 Å². The van der Waals surface area contributed by atoms with Crippen LogP contribution in [0.1, 0.15) is 37.1 Å². The molecule has 1 saturated carbocycles. The lowest BCUT2D eigenvalue weighted by Gasteiger charge is -2.28. The number of aromatic nitrogens is 1. The summed E-state index contributed by atoms with van der Waals surface area (Å²) in [7, 11) is 1.70. The van der Waals surface area contributed by atoms with Crippen molar-refractivity contribution in [2.45, 2.75) is 50.7 Å². The topological polar surface area (TPSA) is 81.6 Å². The molecule has 22 heavy (non-hydrogen) atoms. The summed E-state index contributed by atoms with van der Waals surface area (Å²) in [6.45, 7) is 3.20. The van der Waals surface area contributed by atoms with Crippen LogP contribution in [-0.4, -0.2) is 47.8 Å². The van der Waals surface area contributed by atoms with Crippen LogP contribution in [0, 0.1) is 12.8 Å². The smallest absolute Gasteiger partial charge is 0.242 e. The van der Waals surface area contributed by atoms with Gasteiger partial charge in [0.1, 0.15) is 5.76 Å². The van der Waals surface area contributed by atoms with Crippen LogP contribution in [0.2, 0.25) is 0 Å². The molecule has 2 fully saturated rings. The summed E-state index contributed by atoms with van der Waals surface area (Å²) in [5.41, 5.74) is 6.53. The third-order valence-electron chi connectivity index (χ3n) is 5.03. The van der Waals surface area contributed by atoms with Crippen LogP contribution in [0.5, 0.6) is 0 Å². The minimum absolute atomic E-state index is 0.0272. The van der Waals surface area contributed by atoms with E-state index in [1.807, 2.05) is 17.9 Å². The predicted molar refractivity (Wildman–Crippen MR) is 81.2 cm³/mol. The SMILES string of the molecule is CO[C@H]1CN(C(=O)C2(N)CCCC2)C[C@H]1Cc1cc(C)no1. The van der Waals surface area contributed by atoms with E-state index in [4.69, 9.17) is 15.0 Å². The van der Waals surface area contributed by atoms with Crippen LogP contribution in [0.25, 0.3) is 0 Å². The number of aryl methyl sites for hydroxylation is 1. The van der Waals surface area contributed by atoms with Gasteiger partial charge in [0, 0.05) is 38.6 Å². The molecule has 0 aromatic carbocycles. The number of hydrogen-bond donors (Lipinski definition) is 1. The average Bonchev–Trinajstić information content (AvgIpc) is 3.20. The lowest BCUT2D eigenvalue weighted by molar-refractivity contribution is -0.136. The van der Waals surface area contributed by atoms with Crippen LogP contribution in [0.4, 0.5) is 0 Å². The van der Waals surface area contributed by atoms with Crippen LogP contribution in [0.3, 0.4) is 0 Å². The summed E-state index contributed by atoms with van der Waals surface area (Å²) in [6.07, 6.45) is 4.45. The fraction of sp³-hybridized carbons (Fsp3) is 0.750. The van der Waals surface area contributed by atoms with Crippen molar-refractivity contribution in [2.24, 2.45) is 11.7 Å². The monoisotopic (exact) mass is 307 g/mol. The highest BCUT2D eigenvalue weighted by Gasteiger charge is 2.44. The van der Waals surface area contributed by atoms with Gasteiger partial charge in [0.15, 0.2) is 0 Å². The number of carbonyl (C=O) groups is 1. The summed E-state index contributed by atoms with van der Waals surface area (Å²) < 4.78 is 10.9. The first-order chi connectivity index (χ1) is 10.5. The van der Waals surface area contributed by atoms with Gasteiger partial charge in [-0.15, -0.1) is 0 Å². The molecule has 0 spiro atoms. The number of amides is 1. The van der Waals surface area contributed by atoms with Gasteiger partial charge in [-0.2, -0.15) is 0 Å². The largest absolute Gasteiger partial charge is 0.379 e. The van der Waals surface area contributed by atoms with Crippen LogP contribution >= 0.6 is 0 Å². The number of nitrogens with zero attached hydrogens (tertiary/aromatic N) is 2. The highest BCUT2D eigenvalue weighted by molar-refractivity contribution is 5.86. The summed E-state index contributed by atoms with van der Waals surface area (Å²) in [5, 5.41) is 3.92. The van der Waals surface area contributed by atoms with Crippen molar-refractivity contribution in [2.75, 3.05) is 20.2 Å². The van der Waals surface area contributed by atoms with Gasteiger partial charge in [-0.25, -0.2) is 0 Å². The first kappa shape index (κ1) is 15.5. The van der Waals surface area contributed by atoms with E-state index in [1.54, 1.807) is 7.11 Å². The quantitative estimate of drug-likeness (QED) is 0.906. The molecule has 0 radical (unpaired) electrons. The predicted octanol–water partition coefficient (Wildman–Crippen LogP) is 1.27. The Morgan fingerprint density at radius 1 is 1.50 bits per heavy atom. The van der Waals surface area contributed by atoms with Crippen molar-refractivity contribution >= 4 is 5.91 Å². The first-order valence-corrected chi connectivity index (χ1v) is 8.05. The number of nitrogens with two attached hydrogens (primary N) is 1. The zero-order chi connectivity index (χ0) is 15.7. The molecule has 6 heteroatoms. The highest BCUT2D eigenvalue weighted by atomic mass is 16.5. The Hall–Kier alpha value is -1.40. The lowest BCUT2D eigenvalue weighted by atomic mass is 9.97. The second-order valence-electron chi connectivity index (χ2n) is 6.75. The van der Waals surface area contributed by atoms with Gasteiger partial charge in [-0.05, 0) is 19.8 Å². The molecule has 0 unspecified atom stereocenters. The molecule has 1 amide bonds. The number of hydrogen-bond acceptors (Lipinski definition) is 5. The molecule has 1 aliphatic heterocycles. The Morgan fingerprint density at radius 2 is 2.23 bits per heavy atom. The third-order valence-corrected chi connectivity index (χ3v) is 5.03. The zero-order valence-electron chi connectivity index (χ0n) is 13.4. The first-order valence-electron chi connectivity index (χ1n) is 8.05. The van der Waals surface area contributed by atoms with Gasteiger partial charge in [0.05, 0.1) is 17.3 Å². The van der Waals surface area contributed by atoms with Gasteiger partial charge in [0.25, 0.3) is 0 Å². The van der Waals surface area contributed by atoms with E-state index in [-0.39, 0.29) is 17.9 Å². The fourth-order valence-corrected chi connectivity index (χ4v) is 3.78. The normalized spacial score (nSPS) is 27.5. The van der Waals surface area contributed by atoms with Crippen molar-refractivity contribution in [3.63, 3.8) is 0 Å². The number of methoxy groups -OCH3 is 1. The van der Waals surface area contributed by atoms with Crippen molar-refractivity contribution in [1.82, 2.24) is 10.1 Å². The molecule has 2 heterocycles. The molecule has 1 aromatic heterocycles. The third kappa shape index (κ3) is 2.90. The Morgan fingerprint density at radius 3 is 2.82 bits per heavy atom. The Kier molecular flexibility index (Phi) is 4.23. The Balaban J connectivity index is 1.67. The molecule has 2 atom stereocenters. The second-order valence-corrected chi connectivity index (χ2v) is 6.75. The molecule has 122 valence electrons. The molecular weight excluding hydrogens is 282 g/mol. The summed E-state index contributed by atoms with van der Waals surface area (Å²) in [6, 6.07) is 1.94. The van der Waals surface area contributed by atoms with Crippen molar-refractivity contribution in [3.8, 4) is 0 Å². The number of likely N-dealkylation sites (tertiary alicyclic amines) is 1. The Bertz CT molecular complexity index is 536.